The average molecular weight is 399 g/mol. The zero-order valence-electron chi connectivity index (χ0n) is 15.2. The van der Waals surface area contributed by atoms with Gasteiger partial charge in [-0.05, 0) is 68.8 Å². The lowest BCUT2D eigenvalue weighted by Gasteiger charge is -2.32. The van der Waals surface area contributed by atoms with Crippen LogP contribution in [0.3, 0.4) is 0 Å². The van der Waals surface area contributed by atoms with Crippen LogP contribution in [-0.4, -0.2) is 43.1 Å². The summed E-state index contributed by atoms with van der Waals surface area (Å²) in [5.41, 5.74) is 1.03. The molecule has 0 aliphatic carbocycles. The molecule has 2 heterocycles. The number of carbonyl (C=O) groups is 1. The topological polar surface area (TPSA) is 41.6 Å². The van der Waals surface area contributed by atoms with Crippen LogP contribution in [0.1, 0.15) is 44.1 Å². The maximum Gasteiger partial charge on any atom is 0.222 e. The number of ether oxygens (including phenoxy) is 1. The van der Waals surface area contributed by atoms with Crippen LogP contribution in [0, 0.1) is 5.92 Å². The molecule has 26 heavy (non-hydrogen) atoms. The number of nitrogens with one attached hydrogen (secondary N) is 1. The van der Waals surface area contributed by atoms with E-state index in [0.717, 1.165) is 51.0 Å². The molecule has 2 aliphatic rings. The molecule has 0 unspecified atom stereocenters. The number of hydrogen-bond donors (Lipinski definition) is 1. The van der Waals surface area contributed by atoms with Crippen molar-refractivity contribution in [2.24, 2.45) is 5.92 Å². The van der Waals surface area contributed by atoms with E-state index >= 15 is 0 Å². The first-order valence-corrected chi connectivity index (χ1v) is 10.4. The Morgan fingerprint density at radius 3 is 2.54 bits per heavy atom. The van der Waals surface area contributed by atoms with Gasteiger partial charge in [0.05, 0.1) is 22.8 Å². The van der Waals surface area contributed by atoms with Gasteiger partial charge in [0.1, 0.15) is 0 Å². The van der Waals surface area contributed by atoms with E-state index in [1.54, 1.807) is 6.07 Å². The first kappa shape index (κ1) is 19.9. The molecule has 1 N–H and O–H groups in total. The molecule has 0 radical (unpaired) electrons. The summed E-state index contributed by atoms with van der Waals surface area (Å²) in [5.74, 6) is 1.03. The Hall–Kier alpha value is -0.810. The van der Waals surface area contributed by atoms with E-state index in [9.17, 15) is 4.79 Å². The third kappa shape index (κ3) is 5.85. The smallest absolute Gasteiger partial charge is 0.222 e. The molecule has 2 fully saturated rings. The molecule has 144 valence electrons. The molecule has 1 aromatic rings. The van der Waals surface area contributed by atoms with Gasteiger partial charge in [-0.2, -0.15) is 0 Å². The Labute approximate surface area is 166 Å². The van der Waals surface area contributed by atoms with Crippen LogP contribution in [0.4, 0.5) is 0 Å². The molecule has 6 heteroatoms. The first-order chi connectivity index (χ1) is 12.6. The van der Waals surface area contributed by atoms with E-state index in [1.807, 2.05) is 17.0 Å². The number of nitrogens with zero attached hydrogens (tertiary/aromatic N) is 1. The van der Waals surface area contributed by atoms with Crippen molar-refractivity contribution in [3.8, 4) is 0 Å². The maximum absolute atomic E-state index is 12.4. The number of likely N-dealkylation sites (tertiary alicyclic amines) is 1. The van der Waals surface area contributed by atoms with E-state index < -0.39 is 0 Å². The molecule has 2 aliphatic heterocycles. The monoisotopic (exact) mass is 398 g/mol. The summed E-state index contributed by atoms with van der Waals surface area (Å²) in [6, 6.07) is 5.59. The zero-order chi connectivity index (χ0) is 18.4. The number of amides is 1. The normalized spacial score (nSPS) is 19.7. The van der Waals surface area contributed by atoms with Crippen LogP contribution >= 0.6 is 23.2 Å². The Morgan fingerprint density at radius 2 is 1.85 bits per heavy atom. The molecular formula is C20H28Cl2N2O2. The highest BCUT2D eigenvalue weighted by molar-refractivity contribution is 6.42. The lowest BCUT2D eigenvalue weighted by Crippen LogP contribution is -2.41. The second-order valence-electron chi connectivity index (χ2n) is 7.37. The highest BCUT2D eigenvalue weighted by Crippen LogP contribution is 2.24. The van der Waals surface area contributed by atoms with E-state index in [2.05, 4.69) is 5.32 Å². The molecule has 1 aromatic carbocycles. The highest BCUT2D eigenvalue weighted by atomic mass is 35.5. The van der Waals surface area contributed by atoms with Gasteiger partial charge in [0, 0.05) is 19.5 Å². The molecule has 2 saturated heterocycles. The van der Waals surface area contributed by atoms with Crippen molar-refractivity contribution < 1.29 is 9.53 Å². The van der Waals surface area contributed by atoms with Gasteiger partial charge >= 0.3 is 0 Å². The van der Waals surface area contributed by atoms with E-state index in [4.69, 9.17) is 27.9 Å². The van der Waals surface area contributed by atoms with Gasteiger partial charge < -0.3 is 15.0 Å². The summed E-state index contributed by atoms with van der Waals surface area (Å²) < 4.78 is 6.00. The van der Waals surface area contributed by atoms with Crippen LogP contribution in [-0.2, 0) is 16.1 Å². The summed E-state index contributed by atoms with van der Waals surface area (Å²) >= 11 is 12.0. The van der Waals surface area contributed by atoms with Gasteiger partial charge in [0.2, 0.25) is 5.91 Å². The number of carbonyl (C=O) groups excluding carboxylic acids is 1. The van der Waals surface area contributed by atoms with Crippen molar-refractivity contribution in [1.82, 2.24) is 10.2 Å². The Balaban J connectivity index is 1.35. The molecule has 0 atom stereocenters. The van der Waals surface area contributed by atoms with Crippen LogP contribution in [0.5, 0.6) is 0 Å². The fraction of sp³-hybridized carbons (Fsp3) is 0.650. The quantitative estimate of drug-likeness (QED) is 0.777. The molecular weight excluding hydrogens is 371 g/mol. The summed E-state index contributed by atoms with van der Waals surface area (Å²) in [6.45, 7) is 4.33. The second kappa shape index (κ2) is 9.93. The molecule has 1 amide bonds. The van der Waals surface area contributed by atoms with Crippen LogP contribution in [0.15, 0.2) is 18.2 Å². The summed E-state index contributed by atoms with van der Waals surface area (Å²) in [7, 11) is 0. The minimum absolute atomic E-state index is 0.206. The van der Waals surface area contributed by atoms with E-state index in [0.29, 0.717) is 34.9 Å². The SMILES string of the molecule is O=C(CCC1CCNCC1)N1CCC(OCc2ccc(Cl)c(Cl)c2)CC1. The fourth-order valence-electron chi connectivity index (χ4n) is 3.77. The average Bonchev–Trinajstić information content (AvgIpc) is 2.68. The number of rotatable bonds is 6. The van der Waals surface area contributed by atoms with Gasteiger partial charge in [-0.3, -0.25) is 4.79 Å². The second-order valence-corrected chi connectivity index (χ2v) is 8.19. The van der Waals surface area contributed by atoms with Gasteiger partial charge in [-0.15, -0.1) is 0 Å². The van der Waals surface area contributed by atoms with Gasteiger partial charge in [-0.25, -0.2) is 0 Å². The molecule has 3 rings (SSSR count). The number of hydrogen-bond acceptors (Lipinski definition) is 3. The number of halogens is 2. The standard InChI is InChI=1S/C20H28Cl2N2O2/c21-18-3-1-16(13-19(18)22)14-26-17-7-11-24(12-8-17)20(25)4-2-15-5-9-23-10-6-15/h1,3,13,15,17,23H,2,4-12,14H2. The molecule has 0 bridgehead atoms. The van der Waals surface area contributed by atoms with Crippen molar-refractivity contribution >= 4 is 29.1 Å². The number of benzene rings is 1. The predicted molar refractivity (Wildman–Crippen MR) is 106 cm³/mol. The fourth-order valence-corrected chi connectivity index (χ4v) is 4.09. The predicted octanol–water partition coefficient (Wildman–Crippen LogP) is 4.28. The molecule has 0 saturated carbocycles. The van der Waals surface area contributed by atoms with Crippen molar-refractivity contribution in [2.75, 3.05) is 26.2 Å². The zero-order valence-corrected chi connectivity index (χ0v) is 16.7. The highest BCUT2D eigenvalue weighted by Gasteiger charge is 2.24. The Bertz CT molecular complexity index is 597. The lowest BCUT2D eigenvalue weighted by atomic mass is 9.93. The third-order valence-electron chi connectivity index (χ3n) is 5.49. The first-order valence-electron chi connectivity index (χ1n) is 9.66. The van der Waals surface area contributed by atoms with Crippen molar-refractivity contribution in [1.29, 1.82) is 0 Å². The summed E-state index contributed by atoms with van der Waals surface area (Å²) in [4.78, 5) is 14.5. The van der Waals surface area contributed by atoms with Crippen molar-refractivity contribution in [3.05, 3.63) is 33.8 Å². The van der Waals surface area contributed by atoms with Crippen LogP contribution in [0.25, 0.3) is 0 Å². The van der Waals surface area contributed by atoms with Crippen molar-refractivity contribution in [2.45, 2.75) is 51.2 Å². The Kier molecular flexibility index (Phi) is 7.62. The lowest BCUT2D eigenvalue weighted by molar-refractivity contribution is -0.134. The summed E-state index contributed by atoms with van der Waals surface area (Å²) in [6.07, 6.45) is 6.16. The van der Waals surface area contributed by atoms with Crippen LogP contribution < -0.4 is 5.32 Å². The minimum atomic E-state index is 0.206. The maximum atomic E-state index is 12.4. The molecule has 0 aromatic heterocycles. The molecule has 4 nitrogen and oxygen atoms in total. The molecule has 0 spiro atoms. The van der Waals surface area contributed by atoms with Crippen molar-refractivity contribution in [3.63, 3.8) is 0 Å². The number of piperidine rings is 2. The van der Waals surface area contributed by atoms with Crippen LogP contribution in [0.2, 0.25) is 10.0 Å². The Morgan fingerprint density at radius 1 is 1.12 bits per heavy atom. The van der Waals surface area contributed by atoms with E-state index in [-0.39, 0.29) is 6.10 Å². The van der Waals surface area contributed by atoms with Gasteiger partial charge in [-0.1, -0.05) is 29.3 Å². The minimum Gasteiger partial charge on any atom is -0.373 e. The largest absolute Gasteiger partial charge is 0.373 e. The van der Waals surface area contributed by atoms with Gasteiger partial charge in [0.25, 0.3) is 0 Å². The van der Waals surface area contributed by atoms with Gasteiger partial charge in [0.15, 0.2) is 0 Å². The van der Waals surface area contributed by atoms with E-state index in [1.165, 1.54) is 12.8 Å². The summed E-state index contributed by atoms with van der Waals surface area (Å²) in [5, 5.41) is 4.50. The third-order valence-corrected chi connectivity index (χ3v) is 6.23.